The van der Waals surface area contributed by atoms with Crippen LogP contribution in [-0.4, -0.2) is 42.8 Å². The van der Waals surface area contributed by atoms with Gasteiger partial charge in [-0.3, -0.25) is 0 Å². The molecule has 0 aliphatic carbocycles. The molecule has 1 aromatic carbocycles. The van der Waals surface area contributed by atoms with E-state index in [9.17, 15) is 8.42 Å². The van der Waals surface area contributed by atoms with Gasteiger partial charge in [0.25, 0.3) is 0 Å². The molecule has 18 heavy (non-hydrogen) atoms. The fraction of sp³-hybridized carbons (Fsp3) is 0.538. The van der Waals surface area contributed by atoms with E-state index in [0.717, 1.165) is 6.42 Å². The molecule has 4 nitrogen and oxygen atoms in total. The van der Waals surface area contributed by atoms with Crippen LogP contribution in [0.5, 0.6) is 0 Å². The van der Waals surface area contributed by atoms with Crippen molar-refractivity contribution in [2.75, 3.05) is 19.7 Å². The van der Waals surface area contributed by atoms with Gasteiger partial charge in [0.15, 0.2) is 0 Å². The van der Waals surface area contributed by atoms with Gasteiger partial charge in [-0.05, 0) is 24.8 Å². The molecule has 0 aromatic heterocycles. The summed E-state index contributed by atoms with van der Waals surface area (Å²) in [6, 6.07) is 9.99. The number of nitrogens with zero attached hydrogens (tertiary/aromatic N) is 1. The van der Waals surface area contributed by atoms with E-state index >= 15 is 0 Å². The van der Waals surface area contributed by atoms with Gasteiger partial charge < -0.3 is 5.11 Å². The number of hydrogen-bond donors (Lipinski definition) is 1. The van der Waals surface area contributed by atoms with Crippen molar-refractivity contribution < 1.29 is 13.5 Å². The van der Waals surface area contributed by atoms with E-state index in [1.54, 1.807) is 6.92 Å². The van der Waals surface area contributed by atoms with Crippen LogP contribution in [0.15, 0.2) is 30.3 Å². The van der Waals surface area contributed by atoms with Crippen molar-refractivity contribution in [2.45, 2.75) is 24.5 Å². The third-order valence-corrected chi connectivity index (χ3v) is 5.76. The molecule has 0 bridgehead atoms. The fourth-order valence-corrected chi connectivity index (χ4v) is 3.75. The second-order valence-electron chi connectivity index (χ2n) is 4.79. The minimum atomic E-state index is -3.35. The fourth-order valence-electron chi connectivity index (χ4n) is 2.31. The predicted octanol–water partition coefficient (Wildman–Crippen LogP) is 1.19. The van der Waals surface area contributed by atoms with Gasteiger partial charge in [-0.25, -0.2) is 12.7 Å². The number of aliphatic hydroxyl groups is 1. The van der Waals surface area contributed by atoms with Crippen LogP contribution in [0.3, 0.4) is 0 Å². The third kappa shape index (κ3) is 2.58. The molecule has 100 valence electrons. The normalized spacial score (nSPS) is 23.1. The molecule has 2 unspecified atom stereocenters. The molecule has 2 rings (SSSR count). The number of hydrogen-bond acceptors (Lipinski definition) is 3. The van der Waals surface area contributed by atoms with Gasteiger partial charge in [-0.1, -0.05) is 30.3 Å². The first-order valence-electron chi connectivity index (χ1n) is 6.20. The highest BCUT2D eigenvalue weighted by atomic mass is 32.2. The lowest BCUT2D eigenvalue weighted by Gasteiger charge is -2.20. The van der Waals surface area contributed by atoms with E-state index in [4.69, 9.17) is 5.11 Å². The lowest BCUT2D eigenvalue weighted by molar-refractivity contribution is 0.291. The Morgan fingerprint density at radius 1 is 1.39 bits per heavy atom. The highest BCUT2D eigenvalue weighted by Gasteiger charge is 2.34. The molecule has 1 aliphatic heterocycles. The van der Waals surface area contributed by atoms with E-state index in [1.807, 2.05) is 30.3 Å². The average Bonchev–Trinajstić information content (AvgIpc) is 2.89. The third-order valence-electron chi connectivity index (χ3n) is 3.55. The van der Waals surface area contributed by atoms with Crippen LogP contribution in [0.2, 0.25) is 0 Å². The van der Waals surface area contributed by atoms with Crippen LogP contribution in [0, 0.1) is 0 Å². The quantitative estimate of drug-likeness (QED) is 0.893. The molecule has 1 heterocycles. The summed E-state index contributed by atoms with van der Waals surface area (Å²) in [7, 11) is -3.35. The molecule has 0 amide bonds. The highest BCUT2D eigenvalue weighted by Crippen LogP contribution is 2.29. The maximum atomic E-state index is 12.1. The first kappa shape index (κ1) is 13.5. The predicted molar refractivity (Wildman–Crippen MR) is 70.8 cm³/mol. The van der Waals surface area contributed by atoms with E-state index in [1.165, 1.54) is 9.87 Å². The van der Waals surface area contributed by atoms with Gasteiger partial charge >= 0.3 is 0 Å². The van der Waals surface area contributed by atoms with E-state index in [-0.39, 0.29) is 12.5 Å². The summed E-state index contributed by atoms with van der Waals surface area (Å²) in [4.78, 5) is 0. The van der Waals surface area contributed by atoms with E-state index in [0.29, 0.717) is 13.1 Å². The molecule has 1 N–H and O–H groups in total. The Kier molecular flexibility index (Phi) is 4.04. The summed E-state index contributed by atoms with van der Waals surface area (Å²) in [5.74, 6) is 0.270. The summed E-state index contributed by atoms with van der Waals surface area (Å²) in [5, 5.41) is 8.29. The monoisotopic (exact) mass is 269 g/mol. The van der Waals surface area contributed by atoms with Crippen molar-refractivity contribution in [1.29, 1.82) is 0 Å². The number of sulfonamides is 1. The standard InChI is InChI=1S/C13H19NO3S/c1-11(10-15)18(16,17)14-8-7-13(9-14)12-5-3-2-4-6-12/h2-6,11,13,15H,7-10H2,1H3. The van der Waals surface area contributed by atoms with Crippen LogP contribution < -0.4 is 0 Å². The molecule has 2 atom stereocenters. The SMILES string of the molecule is CC(CO)S(=O)(=O)N1CCC(c2ccccc2)C1. The molecule has 0 radical (unpaired) electrons. The zero-order valence-electron chi connectivity index (χ0n) is 10.5. The van der Waals surface area contributed by atoms with Gasteiger partial charge in [0, 0.05) is 13.1 Å². The van der Waals surface area contributed by atoms with Crippen LogP contribution in [0.1, 0.15) is 24.8 Å². The van der Waals surface area contributed by atoms with Crippen molar-refractivity contribution in [1.82, 2.24) is 4.31 Å². The Hall–Kier alpha value is -0.910. The Bertz CT molecular complexity index is 486. The molecular formula is C13H19NO3S. The molecule has 0 saturated carbocycles. The summed E-state index contributed by atoms with van der Waals surface area (Å²) >= 11 is 0. The number of rotatable bonds is 4. The van der Waals surface area contributed by atoms with Gasteiger partial charge in [0.2, 0.25) is 10.0 Å². The maximum Gasteiger partial charge on any atom is 0.218 e. The molecular weight excluding hydrogens is 250 g/mol. The Morgan fingerprint density at radius 2 is 2.06 bits per heavy atom. The zero-order chi connectivity index (χ0) is 13.2. The molecule has 0 spiro atoms. The molecule has 1 saturated heterocycles. The van der Waals surface area contributed by atoms with Crippen LogP contribution in [0.25, 0.3) is 0 Å². The summed E-state index contributed by atoms with van der Waals surface area (Å²) in [6.07, 6.45) is 0.849. The minimum Gasteiger partial charge on any atom is -0.395 e. The van der Waals surface area contributed by atoms with E-state index in [2.05, 4.69) is 0 Å². The lowest BCUT2D eigenvalue weighted by Crippen LogP contribution is -2.37. The highest BCUT2D eigenvalue weighted by molar-refractivity contribution is 7.89. The zero-order valence-corrected chi connectivity index (χ0v) is 11.3. The van der Waals surface area contributed by atoms with Crippen molar-refractivity contribution in [3.05, 3.63) is 35.9 Å². The summed E-state index contributed by atoms with van der Waals surface area (Å²) < 4.78 is 25.7. The van der Waals surface area contributed by atoms with Gasteiger partial charge in [-0.15, -0.1) is 0 Å². The Labute approximate surface area is 108 Å². The summed E-state index contributed by atoms with van der Waals surface area (Å²) in [6.45, 7) is 2.29. The van der Waals surface area contributed by atoms with Gasteiger partial charge in [0.05, 0.1) is 11.9 Å². The first-order valence-corrected chi connectivity index (χ1v) is 7.70. The molecule has 1 fully saturated rings. The summed E-state index contributed by atoms with van der Waals surface area (Å²) in [5.41, 5.74) is 1.19. The average molecular weight is 269 g/mol. The Morgan fingerprint density at radius 3 is 2.67 bits per heavy atom. The molecule has 5 heteroatoms. The molecule has 1 aromatic rings. The van der Waals surface area contributed by atoms with Crippen molar-refractivity contribution in [2.24, 2.45) is 0 Å². The number of aliphatic hydroxyl groups excluding tert-OH is 1. The second kappa shape index (κ2) is 5.38. The first-order chi connectivity index (χ1) is 8.55. The van der Waals surface area contributed by atoms with E-state index < -0.39 is 15.3 Å². The number of benzene rings is 1. The van der Waals surface area contributed by atoms with Crippen LogP contribution >= 0.6 is 0 Å². The Balaban J connectivity index is 2.10. The maximum absolute atomic E-state index is 12.1. The van der Waals surface area contributed by atoms with Gasteiger partial charge in [0.1, 0.15) is 0 Å². The largest absolute Gasteiger partial charge is 0.395 e. The van der Waals surface area contributed by atoms with Crippen LogP contribution in [-0.2, 0) is 10.0 Å². The van der Waals surface area contributed by atoms with Crippen molar-refractivity contribution in [3.8, 4) is 0 Å². The molecule has 1 aliphatic rings. The smallest absolute Gasteiger partial charge is 0.218 e. The van der Waals surface area contributed by atoms with Crippen LogP contribution in [0.4, 0.5) is 0 Å². The second-order valence-corrected chi connectivity index (χ2v) is 7.14. The topological polar surface area (TPSA) is 57.6 Å². The van der Waals surface area contributed by atoms with Gasteiger partial charge in [-0.2, -0.15) is 0 Å². The minimum absolute atomic E-state index is 0.270. The van der Waals surface area contributed by atoms with Crippen molar-refractivity contribution >= 4 is 10.0 Å². The van der Waals surface area contributed by atoms with Crippen molar-refractivity contribution in [3.63, 3.8) is 0 Å². The lowest BCUT2D eigenvalue weighted by atomic mass is 9.99.